The number of hydrogen-bond acceptors (Lipinski definition) is 4. The maximum atomic E-state index is 6.01. The molecule has 0 bridgehead atoms. The van der Waals surface area contributed by atoms with Crippen LogP contribution in [-0.4, -0.2) is 21.5 Å². The number of aromatic nitrogens is 2. The fourth-order valence-electron chi connectivity index (χ4n) is 2.67. The molecule has 0 saturated heterocycles. The topological polar surface area (TPSA) is 37.9 Å². The zero-order chi connectivity index (χ0) is 18.2. The molecule has 1 N–H and O–H groups in total. The zero-order valence-corrected chi connectivity index (χ0v) is 18.3. The number of aromatic amines is 1. The standard InChI is InChI=1S/C21H26N2OS2.ClH/c1-3-12-25-21(26-13-4-2)16-8-7-9-17(14-16)24-15-20-22-18-10-5-6-11-19(18)23-20;/h5-11,14,21H,3-4,12-13,15H2,1-2H3,(H,22,23);1H. The van der Waals surface area contributed by atoms with Crippen LogP contribution in [0.1, 0.15) is 42.7 Å². The molecule has 0 saturated carbocycles. The highest BCUT2D eigenvalue weighted by molar-refractivity contribution is 8.16. The van der Waals surface area contributed by atoms with E-state index in [-0.39, 0.29) is 12.4 Å². The van der Waals surface area contributed by atoms with E-state index in [1.807, 2.05) is 53.9 Å². The molecule has 6 heteroatoms. The lowest BCUT2D eigenvalue weighted by Gasteiger charge is -2.17. The summed E-state index contributed by atoms with van der Waals surface area (Å²) in [6.07, 6.45) is 2.41. The van der Waals surface area contributed by atoms with Gasteiger partial charge in [-0.05, 0) is 54.2 Å². The number of H-pyrrole nitrogens is 1. The van der Waals surface area contributed by atoms with Crippen molar-refractivity contribution in [2.24, 2.45) is 0 Å². The van der Waals surface area contributed by atoms with E-state index in [1.54, 1.807) is 0 Å². The second-order valence-electron chi connectivity index (χ2n) is 6.14. The van der Waals surface area contributed by atoms with E-state index in [1.165, 1.54) is 29.9 Å². The Morgan fingerprint density at radius 1 is 1.00 bits per heavy atom. The summed E-state index contributed by atoms with van der Waals surface area (Å²) in [5.41, 5.74) is 3.36. The molecular formula is C21H27ClN2OS2. The number of nitrogens with one attached hydrogen (secondary N) is 1. The van der Waals surface area contributed by atoms with Gasteiger partial charge in [-0.1, -0.05) is 38.1 Å². The van der Waals surface area contributed by atoms with Gasteiger partial charge < -0.3 is 9.72 Å². The minimum Gasteiger partial charge on any atom is -0.486 e. The molecule has 3 aromatic rings. The number of hydrogen-bond donors (Lipinski definition) is 1. The molecular weight excluding hydrogens is 396 g/mol. The number of thioether (sulfide) groups is 2. The van der Waals surface area contributed by atoms with Gasteiger partial charge in [0.15, 0.2) is 0 Å². The van der Waals surface area contributed by atoms with Crippen LogP contribution in [0.15, 0.2) is 48.5 Å². The number of fused-ring (bicyclic) bond motifs is 1. The van der Waals surface area contributed by atoms with Crippen LogP contribution in [0.4, 0.5) is 0 Å². The van der Waals surface area contributed by atoms with Crippen LogP contribution in [0.3, 0.4) is 0 Å². The molecule has 0 amide bonds. The van der Waals surface area contributed by atoms with Crippen molar-refractivity contribution in [1.82, 2.24) is 9.97 Å². The fraction of sp³-hybridized carbons (Fsp3) is 0.381. The van der Waals surface area contributed by atoms with Crippen LogP contribution in [0.2, 0.25) is 0 Å². The molecule has 0 fully saturated rings. The predicted molar refractivity (Wildman–Crippen MR) is 122 cm³/mol. The van der Waals surface area contributed by atoms with Crippen molar-refractivity contribution in [2.75, 3.05) is 11.5 Å². The van der Waals surface area contributed by atoms with Gasteiger partial charge in [0.05, 0.1) is 15.6 Å². The van der Waals surface area contributed by atoms with Gasteiger partial charge in [-0.2, -0.15) is 0 Å². The smallest absolute Gasteiger partial charge is 0.146 e. The lowest BCUT2D eigenvalue weighted by molar-refractivity contribution is 0.297. The highest BCUT2D eigenvalue weighted by atomic mass is 35.5. The molecule has 2 aromatic carbocycles. The van der Waals surface area contributed by atoms with E-state index < -0.39 is 0 Å². The third-order valence-corrected chi connectivity index (χ3v) is 7.15. The van der Waals surface area contributed by atoms with Gasteiger partial charge in [0.1, 0.15) is 18.2 Å². The Kier molecular flexibility index (Phi) is 9.39. The molecule has 0 aliphatic heterocycles. The van der Waals surface area contributed by atoms with Crippen LogP contribution in [0.5, 0.6) is 5.75 Å². The quantitative estimate of drug-likeness (QED) is 0.362. The van der Waals surface area contributed by atoms with Crippen molar-refractivity contribution in [2.45, 2.75) is 37.9 Å². The number of halogens is 1. The first-order valence-electron chi connectivity index (χ1n) is 9.19. The summed E-state index contributed by atoms with van der Waals surface area (Å²) in [6.45, 7) is 4.93. The third kappa shape index (κ3) is 6.37. The van der Waals surface area contributed by atoms with Crippen molar-refractivity contribution in [3.05, 3.63) is 59.9 Å². The van der Waals surface area contributed by atoms with Gasteiger partial charge in [0.25, 0.3) is 0 Å². The van der Waals surface area contributed by atoms with E-state index in [0.717, 1.165) is 22.6 Å². The number of para-hydroxylation sites is 2. The van der Waals surface area contributed by atoms with Gasteiger partial charge in [-0.15, -0.1) is 35.9 Å². The van der Waals surface area contributed by atoms with Crippen LogP contribution < -0.4 is 4.74 Å². The largest absolute Gasteiger partial charge is 0.486 e. The normalized spacial score (nSPS) is 10.9. The number of nitrogens with zero attached hydrogens (tertiary/aromatic N) is 1. The summed E-state index contributed by atoms with van der Waals surface area (Å²) < 4.78 is 6.49. The number of ether oxygens (including phenoxy) is 1. The van der Waals surface area contributed by atoms with Crippen molar-refractivity contribution < 1.29 is 4.74 Å². The summed E-state index contributed by atoms with van der Waals surface area (Å²) in [5, 5.41) is 0. The van der Waals surface area contributed by atoms with Crippen molar-refractivity contribution in [3.8, 4) is 5.75 Å². The molecule has 146 valence electrons. The molecule has 0 radical (unpaired) electrons. The monoisotopic (exact) mass is 422 g/mol. The number of imidazole rings is 1. The molecule has 0 unspecified atom stereocenters. The minimum atomic E-state index is 0. The second kappa shape index (κ2) is 11.5. The molecule has 3 rings (SSSR count). The second-order valence-corrected chi connectivity index (χ2v) is 8.86. The molecule has 1 aromatic heterocycles. The summed E-state index contributed by atoms with van der Waals surface area (Å²) in [4.78, 5) is 7.89. The summed E-state index contributed by atoms with van der Waals surface area (Å²) in [5.74, 6) is 4.13. The molecule has 27 heavy (non-hydrogen) atoms. The maximum Gasteiger partial charge on any atom is 0.146 e. The Labute approximate surface area is 176 Å². The van der Waals surface area contributed by atoms with Crippen LogP contribution in [0.25, 0.3) is 11.0 Å². The van der Waals surface area contributed by atoms with E-state index >= 15 is 0 Å². The van der Waals surface area contributed by atoms with Crippen molar-refractivity contribution >= 4 is 47.0 Å². The van der Waals surface area contributed by atoms with Gasteiger partial charge in [-0.25, -0.2) is 4.98 Å². The predicted octanol–water partition coefficient (Wildman–Crippen LogP) is 6.85. The number of rotatable bonds is 10. The maximum absolute atomic E-state index is 6.01. The van der Waals surface area contributed by atoms with Gasteiger partial charge in [-0.3, -0.25) is 0 Å². The summed E-state index contributed by atoms with van der Waals surface area (Å²) in [6, 6.07) is 16.6. The highest BCUT2D eigenvalue weighted by Gasteiger charge is 2.13. The average molecular weight is 423 g/mol. The van der Waals surface area contributed by atoms with Gasteiger partial charge in [0.2, 0.25) is 0 Å². The highest BCUT2D eigenvalue weighted by Crippen LogP contribution is 2.41. The molecule has 0 spiro atoms. The van der Waals surface area contributed by atoms with Crippen LogP contribution >= 0.6 is 35.9 Å². The Balaban J connectivity index is 0.00000261. The third-order valence-electron chi connectivity index (χ3n) is 3.89. The van der Waals surface area contributed by atoms with E-state index in [2.05, 4.69) is 42.0 Å². The Hall–Kier alpha value is -1.30. The Morgan fingerprint density at radius 2 is 1.74 bits per heavy atom. The zero-order valence-electron chi connectivity index (χ0n) is 15.8. The van der Waals surface area contributed by atoms with Crippen LogP contribution in [0, 0.1) is 0 Å². The summed E-state index contributed by atoms with van der Waals surface area (Å²) >= 11 is 4.06. The van der Waals surface area contributed by atoms with Gasteiger partial charge >= 0.3 is 0 Å². The van der Waals surface area contributed by atoms with E-state index in [9.17, 15) is 0 Å². The molecule has 0 atom stereocenters. The van der Waals surface area contributed by atoms with Crippen molar-refractivity contribution in [1.29, 1.82) is 0 Å². The van der Waals surface area contributed by atoms with E-state index in [0.29, 0.717) is 11.2 Å². The number of benzene rings is 2. The van der Waals surface area contributed by atoms with Gasteiger partial charge in [0, 0.05) is 0 Å². The SMILES string of the molecule is CCCSC(SCCC)c1cccc(OCc2nc3ccccc3[nH]2)c1.Cl. The molecule has 0 aliphatic carbocycles. The van der Waals surface area contributed by atoms with Crippen molar-refractivity contribution in [3.63, 3.8) is 0 Å². The lowest BCUT2D eigenvalue weighted by Crippen LogP contribution is -1.99. The first-order chi connectivity index (χ1) is 12.8. The summed E-state index contributed by atoms with van der Waals surface area (Å²) in [7, 11) is 0. The Bertz CT molecular complexity index is 784. The Morgan fingerprint density at radius 3 is 2.44 bits per heavy atom. The molecule has 1 heterocycles. The first-order valence-corrected chi connectivity index (χ1v) is 11.3. The first kappa shape index (κ1) is 22.0. The fourth-order valence-corrected chi connectivity index (χ4v) is 5.21. The lowest BCUT2D eigenvalue weighted by atomic mass is 10.2. The average Bonchev–Trinajstić information content (AvgIpc) is 3.10. The molecule has 0 aliphatic rings. The van der Waals surface area contributed by atoms with E-state index in [4.69, 9.17) is 4.74 Å². The van der Waals surface area contributed by atoms with Crippen LogP contribution in [-0.2, 0) is 6.61 Å². The minimum absolute atomic E-state index is 0. The molecule has 3 nitrogen and oxygen atoms in total.